The minimum atomic E-state index is -3.59. The van der Waals surface area contributed by atoms with Gasteiger partial charge in [0.15, 0.2) is 21.3 Å². The van der Waals surface area contributed by atoms with Crippen molar-refractivity contribution in [2.24, 2.45) is 0 Å². The summed E-state index contributed by atoms with van der Waals surface area (Å²) in [7, 11) is -3.59. The number of hydrogen-bond acceptors (Lipinski definition) is 6. The van der Waals surface area contributed by atoms with Crippen molar-refractivity contribution < 1.29 is 27.4 Å². The van der Waals surface area contributed by atoms with E-state index in [0.717, 1.165) is 12.0 Å². The summed E-state index contributed by atoms with van der Waals surface area (Å²) in [5, 5.41) is 0. The Labute approximate surface area is 178 Å². The van der Waals surface area contributed by atoms with Crippen LogP contribution < -0.4 is 9.47 Å². The zero-order valence-electron chi connectivity index (χ0n) is 17.4. The van der Waals surface area contributed by atoms with Crippen molar-refractivity contribution in [1.82, 2.24) is 0 Å². The summed E-state index contributed by atoms with van der Waals surface area (Å²) in [6, 6.07) is 12.9. The van der Waals surface area contributed by atoms with Crippen LogP contribution in [0.15, 0.2) is 47.4 Å². The first-order chi connectivity index (χ1) is 14.4. The SMILES string of the molecule is CCCOc1c(OCc2ccccc2)cc(C2CCC(=O)O2)cc1S(=O)(=O)CCC. The molecule has 0 amide bonds. The molecule has 0 N–H and O–H groups in total. The van der Waals surface area contributed by atoms with Crippen molar-refractivity contribution in [3.05, 3.63) is 53.6 Å². The average molecular weight is 433 g/mol. The molecule has 7 heteroatoms. The summed E-state index contributed by atoms with van der Waals surface area (Å²) in [6.07, 6.45) is 1.56. The lowest BCUT2D eigenvalue weighted by Crippen LogP contribution is -2.12. The number of cyclic esters (lactones) is 1. The lowest BCUT2D eigenvalue weighted by molar-refractivity contribution is -0.141. The summed E-state index contributed by atoms with van der Waals surface area (Å²) in [4.78, 5) is 11.7. The van der Waals surface area contributed by atoms with Gasteiger partial charge in [-0.2, -0.15) is 0 Å². The highest BCUT2D eigenvalue weighted by Gasteiger charge is 2.30. The molecule has 30 heavy (non-hydrogen) atoms. The highest BCUT2D eigenvalue weighted by molar-refractivity contribution is 7.91. The summed E-state index contributed by atoms with van der Waals surface area (Å²) >= 11 is 0. The second-order valence-electron chi connectivity index (χ2n) is 7.31. The molecule has 1 heterocycles. The van der Waals surface area contributed by atoms with E-state index < -0.39 is 15.9 Å². The molecule has 0 saturated carbocycles. The Morgan fingerprint density at radius 2 is 1.83 bits per heavy atom. The molecule has 0 radical (unpaired) electrons. The van der Waals surface area contributed by atoms with E-state index in [-0.39, 0.29) is 29.0 Å². The highest BCUT2D eigenvalue weighted by Crippen LogP contribution is 2.41. The first kappa shape index (κ1) is 22.2. The minimum absolute atomic E-state index is 0.00151. The van der Waals surface area contributed by atoms with E-state index in [1.54, 1.807) is 12.1 Å². The first-order valence-electron chi connectivity index (χ1n) is 10.3. The fourth-order valence-corrected chi connectivity index (χ4v) is 4.86. The van der Waals surface area contributed by atoms with Crippen LogP contribution in [0, 0.1) is 0 Å². The molecule has 1 aliphatic rings. The third kappa shape index (κ3) is 5.33. The van der Waals surface area contributed by atoms with Gasteiger partial charge in [-0.25, -0.2) is 8.42 Å². The number of carbonyl (C=O) groups is 1. The maximum absolute atomic E-state index is 13.0. The van der Waals surface area contributed by atoms with E-state index in [4.69, 9.17) is 14.2 Å². The Morgan fingerprint density at radius 1 is 1.07 bits per heavy atom. The summed E-state index contributed by atoms with van der Waals surface area (Å²) in [5.41, 5.74) is 1.57. The Kier molecular flexibility index (Phi) is 7.37. The lowest BCUT2D eigenvalue weighted by Gasteiger charge is -2.20. The number of benzene rings is 2. The predicted octanol–water partition coefficient (Wildman–Crippen LogP) is 4.62. The summed E-state index contributed by atoms with van der Waals surface area (Å²) < 4.78 is 43.3. The maximum atomic E-state index is 13.0. The van der Waals surface area contributed by atoms with Gasteiger partial charge in [0.25, 0.3) is 0 Å². The molecule has 1 unspecified atom stereocenters. The maximum Gasteiger partial charge on any atom is 0.306 e. The van der Waals surface area contributed by atoms with Crippen LogP contribution in [0.4, 0.5) is 0 Å². The van der Waals surface area contributed by atoms with Gasteiger partial charge in [-0.15, -0.1) is 0 Å². The van der Waals surface area contributed by atoms with Crippen molar-refractivity contribution in [2.45, 2.75) is 57.1 Å². The van der Waals surface area contributed by atoms with E-state index in [9.17, 15) is 13.2 Å². The molecule has 1 atom stereocenters. The minimum Gasteiger partial charge on any atom is -0.488 e. The average Bonchev–Trinajstić information content (AvgIpc) is 3.17. The molecule has 0 spiro atoms. The third-order valence-electron chi connectivity index (χ3n) is 4.79. The molecule has 0 aliphatic carbocycles. The Bertz CT molecular complexity index is 969. The molecule has 2 aromatic rings. The van der Waals surface area contributed by atoms with Gasteiger partial charge < -0.3 is 14.2 Å². The number of hydrogen-bond donors (Lipinski definition) is 0. The number of carbonyl (C=O) groups excluding carboxylic acids is 1. The molecule has 1 aliphatic heterocycles. The molecule has 2 aromatic carbocycles. The largest absolute Gasteiger partial charge is 0.488 e. The van der Waals surface area contributed by atoms with Crippen LogP contribution in [-0.4, -0.2) is 26.7 Å². The Balaban J connectivity index is 2.06. The van der Waals surface area contributed by atoms with Crippen LogP contribution in [0.25, 0.3) is 0 Å². The van der Waals surface area contributed by atoms with E-state index in [0.29, 0.717) is 37.2 Å². The Hall–Kier alpha value is -2.54. The number of sulfone groups is 1. The molecule has 1 fully saturated rings. The van der Waals surface area contributed by atoms with Crippen LogP contribution >= 0.6 is 0 Å². The monoisotopic (exact) mass is 432 g/mol. The quantitative estimate of drug-likeness (QED) is 0.510. The summed E-state index contributed by atoms with van der Waals surface area (Å²) in [6.45, 7) is 4.41. The molecular formula is C23H28O6S. The number of esters is 1. The smallest absolute Gasteiger partial charge is 0.306 e. The van der Waals surface area contributed by atoms with E-state index in [1.807, 2.05) is 44.2 Å². The molecule has 6 nitrogen and oxygen atoms in total. The van der Waals surface area contributed by atoms with Crippen molar-refractivity contribution in [3.8, 4) is 11.5 Å². The summed E-state index contributed by atoms with van der Waals surface area (Å²) in [5.74, 6) is 0.300. The van der Waals surface area contributed by atoms with Gasteiger partial charge in [-0.05, 0) is 42.5 Å². The van der Waals surface area contributed by atoms with E-state index >= 15 is 0 Å². The first-order valence-corrected chi connectivity index (χ1v) is 12.0. The van der Waals surface area contributed by atoms with Crippen molar-refractivity contribution in [2.75, 3.05) is 12.4 Å². The molecule has 162 valence electrons. The van der Waals surface area contributed by atoms with Gasteiger partial charge in [0.1, 0.15) is 17.6 Å². The van der Waals surface area contributed by atoms with Gasteiger partial charge in [0, 0.05) is 6.42 Å². The topological polar surface area (TPSA) is 78.9 Å². The van der Waals surface area contributed by atoms with Crippen LogP contribution in [0.1, 0.15) is 56.8 Å². The predicted molar refractivity (Wildman–Crippen MR) is 113 cm³/mol. The van der Waals surface area contributed by atoms with Crippen LogP contribution in [0.5, 0.6) is 11.5 Å². The van der Waals surface area contributed by atoms with Crippen LogP contribution in [-0.2, 0) is 26.0 Å². The number of ether oxygens (including phenoxy) is 3. The van der Waals surface area contributed by atoms with Crippen LogP contribution in [0.3, 0.4) is 0 Å². The van der Waals surface area contributed by atoms with Gasteiger partial charge in [-0.1, -0.05) is 44.2 Å². The molecule has 3 rings (SSSR count). The molecule has 0 bridgehead atoms. The van der Waals surface area contributed by atoms with Crippen molar-refractivity contribution >= 4 is 15.8 Å². The lowest BCUT2D eigenvalue weighted by atomic mass is 10.1. The Morgan fingerprint density at radius 3 is 2.47 bits per heavy atom. The van der Waals surface area contributed by atoms with Gasteiger partial charge in [0.05, 0.1) is 12.4 Å². The molecular weight excluding hydrogens is 404 g/mol. The standard InChI is InChI=1S/C23H28O6S/c1-3-12-27-23-20(28-16-17-8-6-5-7-9-17)14-18(19-10-11-22(24)29-19)15-21(23)30(25,26)13-4-2/h5-9,14-15,19H,3-4,10-13,16H2,1-2H3. The second-order valence-corrected chi connectivity index (χ2v) is 9.38. The van der Waals surface area contributed by atoms with Crippen LogP contribution in [0.2, 0.25) is 0 Å². The molecule has 0 aromatic heterocycles. The van der Waals surface area contributed by atoms with E-state index in [1.165, 1.54) is 0 Å². The zero-order valence-corrected chi connectivity index (χ0v) is 18.2. The second kappa shape index (κ2) is 9.98. The van der Waals surface area contributed by atoms with Crippen molar-refractivity contribution in [1.29, 1.82) is 0 Å². The van der Waals surface area contributed by atoms with Crippen molar-refractivity contribution in [3.63, 3.8) is 0 Å². The third-order valence-corrected chi connectivity index (χ3v) is 6.71. The fourth-order valence-electron chi connectivity index (χ4n) is 3.34. The number of rotatable bonds is 10. The van der Waals surface area contributed by atoms with E-state index in [2.05, 4.69) is 0 Å². The zero-order chi connectivity index (χ0) is 21.6. The normalized spacial score (nSPS) is 16.3. The highest BCUT2D eigenvalue weighted by atomic mass is 32.2. The van der Waals surface area contributed by atoms with Gasteiger partial charge in [0.2, 0.25) is 0 Å². The van der Waals surface area contributed by atoms with Gasteiger partial charge in [-0.3, -0.25) is 4.79 Å². The van der Waals surface area contributed by atoms with Gasteiger partial charge >= 0.3 is 5.97 Å². The fraction of sp³-hybridized carbons (Fsp3) is 0.435. The molecule has 1 saturated heterocycles.